The van der Waals surface area contributed by atoms with Crippen molar-refractivity contribution in [3.63, 3.8) is 0 Å². The molecule has 3 heterocycles. The zero-order valence-corrected chi connectivity index (χ0v) is 16.8. The summed E-state index contributed by atoms with van der Waals surface area (Å²) in [5, 5.41) is 12.5. The van der Waals surface area contributed by atoms with Crippen LogP contribution < -0.4 is 5.32 Å². The fourth-order valence-corrected chi connectivity index (χ4v) is 4.17. The van der Waals surface area contributed by atoms with Crippen molar-refractivity contribution in [2.24, 2.45) is 11.8 Å². The van der Waals surface area contributed by atoms with Crippen molar-refractivity contribution in [1.29, 1.82) is 0 Å². The van der Waals surface area contributed by atoms with Crippen molar-refractivity contribution in [2.45, 2.75) is 31.8 Å². The van der Waals surface area contributed by atoms with Crippen LogP contribution in [-0.2, 0) is 9.53 Å². The van der Waals surface area contributed by atoms with Gasteiger partial charge in [-0.1, -0.05) is 0 Å². The Morgan fingerprint density at radius 3 is 2.69 bits per heavy atom. The van der Waals surface area contributed by atoms with Crippen LogP contribution in [0.3, 0.4) is 0 Å². The first kappa shape index (κ1) is 20.1. The van der Waals surface area contributed by atoms with Crippen LogP contribution in [0.1, 0.15) is 36.2 Å². The standard InChI is InChI=1S/C21H30N4O4/c26-18-2-1-7-22-20(18)21(28)23-10-17-13-25(19(27)14-29-17)12-16-5-8-24(9-6-16)11-15-3-4-15/h1-2,7,15-17,26H,3-6,8-14H2,(H,23,28). The predicted octanol–water partition coefficient (Wildman–Crippen LogP) is 0.866. The highest BCUT2D eigenvalue weighted by molar-refractivity contribution is 5.94. The van der Waals surface area contributed by atoms with Crippen LogP contribution >= 0.6 is 0 Å². The van der Waals surface area contributed by atoms with Gasteiger partial charge in [0.25, 0.3) is 5.91 Å². The zero-order valence-electron chi connectivity index (χ0n) is 16.8. The number of rotatable bonds is 7. The van der Waals surface area contributed by atoms with Crippen LogP contribution in [0.15, 0.2) is 18.3 Å². The van der Waals surface area contributed by atoms with E-state index in [0.29, 0.717) is 12.5 Å². The quantitative estimate of drug-likeness (QED) is 0.703. The van der Waals surface area contributed by atoms with E-state index in [1.807, 2.05) is 4.90 Å². The summed E-state index contributed by atoms with van der Waals surface area (Å²) in [5.41, 5.74) is -0.00537. The van der Waals surface area contributed by atoms with Crippen molar-refractivity contribution < 1.29 is 19.4 Å². The molecule has 4 rings (SSSR count). The average molecular weight is 402 g/mol. The summed E-state index contributed by atoms with van der Waals surface area (Å²) in [6, 6.07) is 2.99. The Morgan fingerprint density at radius 2 is 1.97 bits per heavy atom. The number of amides is 2. The van der Waals surface area contributed by atoms with Crippen molar-refractivity contribution in [3.05, 3.63) is 24.0 Å². The minimum atomic E-state index is -0.446. The molecule has 2 N–H and O–H groups in total. The second-order valence-corrected chi connectivity index (χ2v) is 8.50. The number of likely N-dealkylation sites (tertiary alicyclic amines) is 1. The van der Waals surface area contributed by atoms with Gasteiger partial charge in [-0.05, 0) is 62.7 Å². The van der Waals surface area contributed by atoms with E-state index in [9.17, 15) is 14.7 Å². The number of pyridine rings is 1. The number of ether oxygens (including phenoxy) is 1. The Kier molecular flexibility index (Phi) is 6.30. The second kappa shape index (κ2) is 9.09. The summed E-state index contributed by atoms with van der Waals surface area (Å²) < 4.78 is 5.60. The molecule has 29 heavy (non-hydrogen) atoms. The van der Waals surface area contributed by atoms with Crippen LogP contribution in [0.5, 0.6) is 5.75 Å². The molecular weight excluding hydrogens is 372 g/mol. The molecule has 2 amide bonds. The van der Waals surface area contributed by atoms with Gasteiger partial charge in [0.2, 0.25) is 5.91 Å². The van der Waals surface area contributed by atoms with E-state index in [1.165, 1.54) is 31.6 Å². The van der Waals surface area contributed by atoms with Crippen molar-refractivity contribution >= 4 is 11.8 Å². The monoisotopic (exact) mass is 402 g/mol. The van der Waals surface area contributed by atoms with Crippen LogP contribution in [0.4, 0.5) is 0 Å². The fraction of sp³-hybridized carbons (Fsp3) is 0.667. The average Bonchev–Trinajstić information content (AvgIpc) is 3.54. The third-order valence-corrected chi connectivity index (χ3v) is 6.11. The molecule has 8 nitrogen and oxygen atoms in total. The molecule has 3 aliphatic rings. The molecule has 0 radical (unpaired) electrons. The molecule has 1 aliphatic carbocycles. The van der Waals surface area contributed by atoms with Crippen LogP contribution in [0.2, 0.25) is 0 Å². The Bertz CT molecular complexity index is 731. The molecule has 2 aliphatic heterocycles. The predicted molar refractivity (Wildman–Crippen MR) is 106 cm³/mol. The second-order valence-electron chi connectivity index (χ2n) is 8.50. The molecule has 1 unspecified atom stereocenters. The number of morpholine rings is 1. The molecule has 8 heteroatoms. The van der Waals surface area contributed by atoms with Crippen molar-refractivity contribution in [3.8, 4) is 5.75 Å². The van der Waals surface area contributed by atoms with Crippen molar-refractivity contribution in [1.82, 2.24) is 20.1 Å². The number of aromatic hydroxyl groups is 1. The number of aromatic nitrogens is 1. The van der Waals surface area contributed by atoms with E-state index in [2.05, 4.69) is 15.2 Å². The minimum absolute atomic E-state index is 0.00537. The van der Waals surface area contributed by atoms with Crippen LogP contribution in [-0.4, -0.2) is 83.7 Å². The van der Waals surface area contributed by atoms with Gasteiger partial charge in [0.15, 0.2) is 5.69 Å². The van der Waals surface area contributed by atoms with Gasteiger partial charge in [-0.15, -0.1) is 0 Å². The zero-order chi connectivity index (χ0) is 20.2. The lowest BCUT2D eigenvalue weighted by Gasteiger charge is -2.38. The van der Waals surface area contributed by atoms with Gasteiger partial charge in [0, 0.05) is 32.4 Å². The maximum atomic E-state index is 12.3. The van der Waals surface area contributed by atoms with E-state index >= 15 is 0 Å². The van der Waals surface area contributed by atoms with Gasteiger partial charge in [-0.2, -0.15) is 0 Å². The highest BCUT2D eigenvalue weighted by atomic mass is 16.5. The summed E-state index contributed by atoms with van der Waals surface area (Å²) in [6.45, 7) is 5.09. The first-order valence-corrected chi connectivity index (χ1v) is 10.6. The number of carbonyl (C=O) groups excluding carboxylic acids is 2. The molecule has 158 valence electrons. The summed E-state index contributed by atoms with van der Waals surface area (Å²) in [7, 11) is 0. The molecule has 1 saturated carbocycles. The van der Waals surface area contributed by atoms with Gasteiger partial charge in [-0.25, -0.2) is 4.98 Å². The summed E-state index contributed by atoms with van der Waals surface area (Å²) >= 11 is 0. The molecule has 3 fully saturated rings. The highest BCUT2D eigenvalue weighted by Gasteiger charge is 2.31. The fourth-order valence-electron chi connectivity index (χ4n) is 4.17. The number of piperidine rings is 1. The number of nitrogens with one attached hydrogen (secondary N) is 1. The Hall–Kier alpha value is -2.19. The summed E-state index contributed by atoms with van der Waals surface area (Å²) in [4.78, 5) is 32.9. The lowest BCUT2D eigenvalue weighted by atomic mass is 9.95. The Balaban J connectivity index is 1.22. The van der Waals surface area contributed by atoms with E-state index in [1.54, 1.807) is 6.07 Å². The van der Waals surface area contributed by atoms with Crippen molar-refractivity contribution in [2.75, 3.05) is 45.9 Å². The van der Waals surface area contributed by atoms with E-state index in [-0.39, 0.29) is 36.6 Å². The largest absolute Gasteiger partial charge is 0.505 e. The van der Waals surface area contributed by atoms with Gasteiger partial charge in [-0.3, -0.25) is 9.59 Å². The molecule has 1 aromatic heterocycles. The number of nitrogens with zero attached hydrogens (tertiary/aromatic N) is 3. The first-order valence-electron chi connectivity index (χ1n) is 10.6. The summed E-state index contributed by atoms with van der Waals surface area (Å²) in [6.07, 6.45) is 6.26. The molecule has 0 bridgehead atoms. The van der Waals surface area contributed by atoms with Crippen LogP contribution in [0.25, 0.3) is 0 Å². The molecule has 0 aromatic carbocycles. The van der Waals surface area contributed by atoms with Gasteiger partial charge in [0.05, 0.1) is 6.10 Å². The van der Waals surface area contributed by atoms with E-state index in [0.717, 1.165) is 38.4 Å². The molecule has 0 spiro atoms. The smallest absolute Gasteiger partial charge is 0.273 e. The number of hydrogen-bond donors (Lipinski definition) is 2. The molecule has 1 aromatic rings. The topological polar surface area (TPSA) is 95.0 Å². The maximum absolute atomic E-state index is 12.3. The summed E-state index contributed by atoms with van der Waals surface area (Å²) in [5.74, 6) is 0.887. The van der Waals surface area contributed by atoms with E-state index in [4.69, 9.17) is 4.74 Å². The van der Waals surface area contributed by atoms with Crippen LogP contribution in [0, 0.1) is 11.8 Å². The molecule has 1 atom stereocenters. The normalized spacial score (nSPS) is 23.9. The number of hydrogen-bond acceptors (Lipinski definition) is 6. The minimum Gasteiger partial charge on any atom is -0.505 e. The number of carbonyl (C=O) groups is 2. The Morgan fingerprint density at radius 1 is 1.21 bits per heavy atom. The maximum Gasteiger partial charge on any atom is 0.273 e. The lowest BCUT2D eigenvalue weighted by Crippen LogP contribution is -2.52. The highest BCUT2D eigenvalue weighted by Crippen LogP contribution is 2.31. The SMILES string of the molecule is O=C(NCC1CN(CC2CCN(CC3CC3)CC2)C(=O)CO1)c1ncccc1O. The van der Waals surface area contributed by atoms with E-state index < -0.39 is 5.91 Å². The Labute approximate surface area is 171 Å². The lowest BCUT2D eigenvalue weighted by molar-refractivity contribution is -0.149. The molecule has 2 saturated heterocycles. The molecular formula is C21H30N4O4. The van der Waals surface area contributed by atoms with Gasteiger partial charge < -0.3 is 25.0 Å². The third-order valence-electron chi connectivity index (χ3n) is 6.11. The van der Waals surface area contributed by atoms with Gasteiger partial charge in [0.1, 0.15) is 12.4 Å². The first-order chi connectivity index (χ1) is 14.1. The van der Waals surface area contributed by atoms with Gasteiger partial charge >= 0.3 is 0 Å². The third kappa shape index (κ3) is 5.45.